The fourth-order valence-corrected chi connectivity index (χ4v) is 3.93. The van der Waals surface area contributed by atoms with Crippen LogP contribution in [0.2, 0.25) is 0 Å². The molecule has 0 amide bonds. The third-order valence-electron chi connectivity index (χ3n) is 5.58. The number of ether oxygens (including phenoxy) is 1. The van der Waals surface area contributed by atoms with E-state index in [0.717, 1.165) is 36.1 Å². The zero-order chi connectivity index (χ0) is 22.1. The quantitative estimate of drug-likeness (QED) is 0.458. The zero-order valence-corrected chi connectivity index (χ0v) is 17.6. The number of benzene rings is 2. The van der Waals surface area contributed by atoms with E-state index in [1.807, 2.05) is 12.1 Å². The summed E-state index contributed by atoms with van der Waals surface area (Å²) in [5, 5.41) is 4.05. The average Bonchev–Trinajstić information content (AvgIpc) is 3.20. The molecule has 3 N–H and O–H groups in total. The van der Waals surface area contributed by atoms with Gasteiger partial charge in [-0.2, -0.15) is 0 Å². The number of pyridine rings is 1. The second-order valence-electron chi connectivity index (χ2n) is 7.95. The minimum Gasteiger partial charge on any atom is -0.487 e. The lowest BCUT2D eigenvalue weighted by molar-refractivity contribution is 0.209. The highest BCUT2D eigenvalue weighted by Crippen LogP contribution is 2.33. The maximum atomic E-state index is 14.2. The highest BCUT2D eigenvalue weighted by molar-refractivity contribution is 5.94. The number of hydrogen-bond acceptors (Lipinski definition) is 7. The first-order chi connectivity index (χ1) is 15.6. The van der Waals surface area contributed by atoms with Crippen LogP contribution >= 0.6 is 0 Å². The van der Waals surface area contributed by atoms with Crippen LogP contribution in [0.5, 0.6) is 5.75 Å². The molecule has 1 saturated heterocycles. The summed E-state index contributed by atoms with van der Waals surface area (Å²) in [6, 6.07) is 13.8. The molecule has 1 fully saturated rings. The number of aromatic nitrogens is 3. The van der Waals surface area contributed by atoms with E-state index in [2.05, 4.69) is 32.2 Å². The molecule has 2 aromatic carbocycles. The van der Waals surface area contributed by atoms with Crippen LogP contribution in [0.15, 0.2) is 61.1 Å². The Labute approximate surface area is 185 Å². The van der Waals surface area contributed by atoms with Crippen LogP contribution in [0.3, 0.4) is 0 Å². The van der Waals surface area contributed by atoms with Crippen molar-refractivity contribution in [2.24, 2.45) is 0 Å². The molecule has 1 aliphatic rings. The maximum absolute atomic E-state index is 14.2. The van der Waals surface area contributed by atoms with Crippen molar-refractivity contribution in [3.8, 4) is 17.0 Å². The van der Waals surface area contributed by atoms with Gasteiger partial charge in [0.25, 0.3) is 0 Å². The Kier molecular flexibility index (Phi) is 5.28. The van der Waals surface area contributed by atoms with Crippen LogP contribution < -0.4 is 15.8 Å². The van der Waals surface area contributed by atoms with Gasteiger partial charge in [0.15, 0.2) is 0 Å². The second-order valence-corrected chi connectivity index (χ2v) is 7.95. The molecule has 0 spiro atoms. The second kappa shape index (κ2) is 8.39. The number of nitrogens with two attached hydrogens (primary N) is 1. The average molecular weight is 430 g/mol. The van der Waals surface area contributed by atoms with Crippen molar-refractivity contribution in [3.05, 3.63) is 66.9 Å². The third-order valence-corrected chi connectivity index (χ3v) is 5.58. The predicted octanol–water partition coefficient (Wildman–Crippen LogP) is 4.24. The van der Waals surface area contributed by atoms with Crippen LogP contribution in [0.4, 0.5) is 21.6 Å². The number of halogens is 1. The Morgan fingerprint density at radius 3 is 2.81 bits per heavy atom. The maximum Gasteiger partial charge on any atom is 0.144 e. The minimum absolute atomic E-state index is 0.118. The van der Waals surface area contributed by atoms with E-state index in [1.54, 1.807) is 36.5 Å². The van der Waals surface area contributed by atoms with E-state index in [1.165, 1.54) is 12.4 Å². The first-order valence-electron chi connectivity index (χ1n) is 10.4. The number of anilines is 3. The summed E-state index contributed by atoms with van der Waals surface area (Å²) in [4.78, 5) is 15.3. The molecule has 0 saturated carbocycles. The predicted molar refractivity (Wildman–Crippen MR) is 123 cm³/mol. The summed E-state index contributed by atoms with van der Waals surface area (Å²) in [7, 11) is 2.08. The molecule has 5 rings (SSSR count). The Morgan fingerprint density at radius 2 is 2.00 bits per heavy atom. The molecule has 32 heavy (non-hydrogen) atoms. The molecule has 1 unspecified atom stereocenters. The van der Waals surface area contributed by atoms with E-state index < -0.39 is 0 Å². The molecule has 7 nitrogen and oxygen atoms in total. The van der Waals surface area contributed by atoms with Crippen molar-refractivity contribution in [1.82, 2.24) is 19.9 Å². The zero-order valence-electron chi connectivity index (χ0n) is 17.6. The summed E-state index contributed by atoms with van der Waals surface area (Å²) in [5.41, 5.74) is 9.26. The lowest BCUT2D eigenvalue weighted by atomic mass is 10.1. The van der Waals surface area contributed by atoms with E-state index in [4.69, 9.17) is 10.5 Å². The molecule has 0 bridgehead atoms. The van der Waals surface area contributed by atoms with Crippen LogP contribution in [0.25, 0.3) is 22.2 Å². The number of likely N-dealkylation sites (N-methyl/N-ethyl adjacent to an activating group) is 1. The molecule has 1 aliphatic heterocycles. The number of hydrogen-bond donors (Lipinski definition) is 2. The van der Waals surface area contributed by atoms with Crippen molar-refractivity contribution in [1.29, 1.82) is 0 Å². The van der Waals surface area contributed by atoms with Crippen LogP contribution in [0.1, 0.15) is 6.42 Å². The van der Waals surface area contributed by atoms with E-state index in [9.17, 15) is 4.39 Å². The van der Waals surface area contributed by atoms with Gasteiger partial charge < -0.3 is 20.7 Å². The Hall–Kier alpha value is -3.78. The minimum atomic E-state index is -0.321. The van der Waals surface area contributed by atoms with Crippen molar-refractivity contribution >= 4 is 28.1 Å². The van der Waals surface area contributed by atoms with Gasteiger partial charge in [-0.05, 0) is 43.8 Å². The number of nitrogens with one attached hydrogen (secondary N) is 1. The highest BCUT2D eigenvalue weighted by Gasteiger charge is 2.22. The Morgan fingerprint density at radius 1 is 1.12 bits per heavy atom. The van der Waals surface area contributed by atoms with Crippen molar-refractivity contribution in [2.45, 2.75) is 12.5 Å². The molecule has 8 heteroatoms. The largest absolute Gasteiger partial charge is 0.487 e. The molecule has 3 heterocycles. The molecular formula is C24H23FN6O. The highest BCUT2D eigenvalue weighted by atomic mass is 19.1. The number of rotatable bonds is 5. The smallest absolute Gasteiger partial charge is 0.144 e. The lowest BCUT2D eigenvalue weighted by Gasteiger charge is -2.16. The molecule has 162 valence electrons. The standard InChI is InChI=1S/C24H23FN6O/c1-31-9-7-16(13-31)32-23-12-22-18(11-20(23)26)24(29-14-28-22)30-15-6-8-27-21(10-15)17-4-2-3-5-19(17)25/h2-6,8,10-12,14,16H,7,9,13,26H2,1H3,(H,27,28,29,30). The molecule has 0 aliphatic carbocycles. The number of fused-ring (bicyclic) bond motifs is 1. The monoisotopic (exact) mass is 430 g/mol. The summed E-state index contributed by atoms with van der Waals surface area (Å²) in [6.45, 7) is 1.88. The fourth-order valence-electron chi connectivity index (χ4n) is 3.93. The van der Waals surface area contributed by atoms with E-state index in [-0.39, 0.29) is 11.9 Å². The van der Waals surface area contributed by atoms with Gasteiger partial charge in [-0.25, -0.2) is 14.4 Å². The molecule has 2 aromatic heterocycles. The number of nitrogen functional groups attached to an aromatic ring is 1. The van der Waals surface area contributed by atoms with Crippen molar-refractivity contribution in [2.75, 3.05) is 31.2 Å². The summed E-state index contributed by atoms with van der Waals surface area (Å²) < 4.78 is 20.3. The van der Waals surface area contributed by atoms with Crippen molar-refractivity contribution in [3.63, 3.8) is 0 Å². The fraction of sp³-hybridized carbons (Fsp3) is 0.208. The number of nitrogens with zero attached hydrogens (tertiary/aromatic N) is 4. The van der Waals surface area contributed by atoms with E-state index in [0.29, 0.717) is 28.5 Å². The van der Waals surface area contributed by atoms with Gasteiger partial charge >= 0.3 is 0 Å². The van der Waals surface area contributed by atoms with Crippen LogP contribution in [-0.2, 0) is 0 Å². The van der Waals surface area contributed by atoms with Crippen LogP contribution in [0, 0.1) is 5.82 Å². The number of likely N-dealkylation sites (tertiary alicyclic amines) is 1. The normalized spacial score (nSPS) is 16.4. The van der Waals surface area contributed by atoms with Gasteiger partial charge in [0, 0.05) is 42.0 Å². The van der Waals surface area contributed by atoms with Gasteiger partial charge in [-0.1, -0.05) is 12.1 Å². The van der Waals surface area contributed by atoms with Gasteiger partial charge in [0.1, 0.15) is 29.8 Å². The summed E-state index contributed by atoms with van der Waals surface area (Å²) in [5.74, 6) is 0.908. The van der Waals surface area contributed by atoms with Gasteiger partial charge in [-0.3, -0.25) is 4.98 Å². The van der Waals surface area contributed by atoms with Crippen molar-refractivity contribution < 1.29 is 9.13 Å². The van der Waals surface area contributed by atoms with Gasteiger partial charge in [0.2, 0.25) is 0 Å². The van der Waals surface area contributed by atoms with E-state index >= 15 is 0 Å². The molecular weight excluding hydrogens is 407 g/mol. The van der Waals surface area contributed by atoms with Gasteiger partial charge in [0.05, 0.1) is 16.9 Å². The molecule has 0 radical (unpaired) electrons. The first-order valence-corrected chi connectivity index (χ1v) is 10.4. The topological polar surface area (TPSA) is 89.2 Å². The summed E-state index contributed by atoms with van der Waals surface area (Å²) in [6.07, 6.45) is 4.21. The Balaban J connectivity index is 1.44. The SMILES string of the molecule is CN1CCC(Oc2cc3ncnc(Nc4ccnc(-c5ccccc5F)c4)c3cc2N)C1. The third kappa shape index (κ3) is 4.04. The first kappa shape index (κ1) is 20.1. The Bertz CT molecular complexity index is 1280. The lowest BCUT2D eigenvalue weighted by Crippen LogP contribution is -2.21. The summed E-state index contributed by atoms with van der Waals surface area (Å²) >= 11 is 0. The van der Waals surface area contributed by atoms with Gasteiger partial charge in [-0.15, -0.1) is 0 Å². The van der Waals surface area contributed by atoms with Crippen LogP contribution in [-0.4, -0.2) is 46.1 Å². The molecule has 1 atom stereocenters. The molecule has 4 aromatic rings.